The summed E-state index contributed by atoms with van der Waals surface area (Å²) in [6.07, 6.45) is 0. The minimum atomic E-state index is -0.480. The van der Waals surface area contributed by atoms with Crippen LogP contribution in [-0.4, -0.2) is 27.1 Å². The second-order valence-corrected chi connectivity index (χ2v) is 7.14. The average molecular weight is 409 g/mol. The number of imidazole rings is 1. The van der Waals surface area contributed by atoms with Crippen molar-refractivity contribution in [2.24, 2.45) is 7.05 Å². The molecule has 0 bridgehead atoms. The Morgan fingerprint density at radius 3 is 2.69 bits per heavy atom. The number of thioether (sulfide) groups is 1. The van der Waals surface area contributed by atoms with Crippen molar-refractivity contribution in [1.82, 2.24) is 20.4 Å². The van der Waals surface area contributed by atoms with Crippen LogP contribution in [0.4, 0.5) is 0 Å². The van der Waals surface area contributed by atoms with Crippen molar-refractivity contribution in [3.05, 3.63) is 58.1 Å². The number of aryl methyl sites for hydroxylation is 1. The molecular formula is C17H14Cl2N4O2S. The molecule has 2 amide bonds. The number of hydrazine groups is 1. The Balaban J connectivity index is 1.57. The van der Waals surface area contributed by atoms with Gasteiger partial charge in [0, 0.05) is 12.1 Å². The van der Waals surface area contributed by atoms with Gasteiger partial charge in [0.2, 0.25) is 5.91 Å². The van der Waals surface area contributed by atoms with Crippen LogP contribution in [0.1, 0.15) is 10.4 Å². The monoisotopic (exact) mass is 408 g/mol. The molecule has 0 saturated carbocycles. The standard InChI is InChI=1S/C17H14Cl2N4O2S/c1-23-14-7-6-10(18)8-13(14)20-17(23)26-9-15(24)21-22-16(25)11-4-2-3-5-12(11)19/h2-8H,9H2,1H3,(H,21,24)(H,22,25). The molecule has 6 nitrogen and oxygen atoms in total. The molecule has 26 heavy (non-hydrogen) atoms. The summed E-state index contributed by atoms with van der Waals surface area (Å²) in [5.74, 6) is -0.750. The molecule has 0 aliphatic heterocycles. The summed E-state index contributed by atoms with van der Waals surface area (Å²) in [5.41, 5.74) is 6.67. The molecule has 0 atom stereocenters. The second kappa shape index (κ2) is 7.99. The van der Waals surface area contributed by atoms with E-state index in [2.05, 4.69) is 15.8 Å². The van der Waals surface area contributed by atoms with Crippen molar-refractivity contribution in [2.45, 2.75) is 5.16 Å². The first-order valence-corrected chi connectivity index (χ1v) is 9.28. The van der Waals surface area contributed by atoms with E-state index in [1.807, 2.05) is 17.7 Å². The first-order valence-electron chi connectivity index (χ1n) is 7.54. The van der Waals surface area contributed by atoms with Gasteiger partial charge in [-0.15, -0.1) is 0 Å². The molecule has 1 heterocycles. The third-order valence-electron chi connectivity index (χ3n) is 3.57. The number of amides is 2. The molecule has 3 aromatic rings. The zero-order valence-electron chi connectivity index (χ0n) is 13.6. The normalized spacial score (nSPS) is 10.7. The first kappa shape index (κ1) is 18.6. The van der Waals surface area contributed by atoms with Crippen LogP contribution in [0.3, 0.4) is 0 Å². The smallest absolute Gasteiger partial charge is 0.271 e. The highest BCUT2D eigenvalue weighted by molar-refractivity contribution is 7.99. The zero-order valence-corrected chi connectivity index (χ0v) is 16.0. The van der Waals surface area contributed by atoms with Crippen molar-refractivity contribution >= 4 is 57.8 Å². The second-order valence-electron chi connectivity index (χ2n) is 5.36. The van der Waals surface area contributed by atoms with Gasteiger partial charge in [0.15, 0.2) is 5.16 Å². The summed E-state index contributed by atoms with van der Waals surface area (Å²) in [7, 11) is 1.86. The molecule has 0 aliphatic carbocycles. The number of halogens is 2. The van der Waals surface area contributed by atoms with Gasteiger partial charge in [-0.3, -0.25) is 20.4 Å². The van der Waals surface area contributed by atoms with E-state index >= 15 is 0 Å². The van der Waals surface area contributed by atoms with Crippen molar-refractivity contribution in [3.63, 3.8) is 0 Å². The van der Waals surface area contributed by atoms with Gasteiger partial charge < -0.3 is 4.57 Å². The summed E-state index contributed by atoms with van der Waals surface area (Å²) < 4.78 is 1.88. The van der Waals surface area contributed by atoms with Crippen molar-refractivity contribution in [3.8, 4) is 0 Å². The summed E-state index contributed by atoms with van der Waals surface area (Å²) in [4.78, 5) is 28.4. The molecule has 0 aliphatic rings. The number of rotatable bonds is 4. The van der Waals surface area contributed by atoms with E-state index in [0.29, 0.717) is 15.2 Å². The lowest BCUT2D eigenvalue weighted by molar-refractivity contribution is -0.119. The van der Waals surface area contributed by atoms with Crippen molar-refractivity contribution in [1.29, 1.82) is 0 Å². The van der Waals surface area contributed by atoms with Crippen LogP contribution in [-0.2, 0) is 11.8 Å². The first-order chi connectivity index (χ1) is 12.5. The summed E-state index contributed by atoms with van der Waals surface area (Å²) in [5, 5.41) is 1.59. The molecule has 1 aromatic heterocycles. The van der Waals surface area contributed by atoms with Gasteiger partial charge in [-0.2, -0.15) is 0 Å². The molecule has 2 N–H and O–H groups in total. The van der Waals surface area contributed by atoms with Crippen LogP contribution in [0.2, 0.25) is 10.0 Å². The third kappa shape index (κ3) is 4.12. The minimum Gasteiger partial charge on any atom is -0.322 e. The maximum absolute atomic E-state index is 12.0. The number of nitrogens with zero attached hydrogens (tertiary/aromatic N) is 2. The number of fused-ring (bicyclic) bond motifs is 1. The molecule has 0 spiro atoms. The third-order valence-corrected chi connectivity index (χ3v) is 5.16. The fraction of sp³-hybridized carbons (Fsp3) is 0.118. The number of hydrogen-bond donors (Lipinski definition) is 2. The van der Waals surface area contributed by atoms with Gasteiger partial charge in [-0.25, -0.2) is 4.98 Å². The molecule has 0 fully saturated rings. The maximum atomic E-state index is 12.0. The highest BCUT2D eigenvalue weighted by Gasteiger charge is 2.13. The van der Waals surface area contributed by atoms with Crippen LogP contribution in [0.15, 0.2) is 47.6 Å². The quantitative estimate of drug-likeness (QED) is 0.512. The zero-order chi connectivity index (χ0) is 18.7. The average Bonchev–Trinajstić information content (AvgIpc) is 2.93. The highest BCUT2D eigenvalue weighted by Crippen LogP contribution is 2.24. The number of benzene rings is 2. The van der Waals surface area contributed by atoms with Gasteiger partial charge >= 0.3 is 0 Å². The Bertz CT molecular complexity index is 990. The van der Waals surface area contributed by atoms with Gasteiger partial charge in [0.25, 0.3) is 5.91 Å². The van der Waals surface area contributed by atoms with Gasteiger partial charge in [0.1, 0.15) is 0 Å². The number of aromatic nitrogens is 2. The van der Waals surface area contributed by atoms with Crippen molar-refractivity contribution < 1.29 is 9.59 Å². The predicted octanol–water partition coefficient (Wildman–Crippen LogP) is 3.43. The number of hydrogen-bond acceptors (Lipinski definition) is 4. The lowest BCUT2D eigenvalue weighted by Gasteiger charge is -2.08. The van der Waals surface area contributed by atoms with E-state index in [-0.39, 0.29) is 17.2 Å². The SMILES string of the molecule is Cn1c(SCC(=O)NNC(=O)c2ccccc2Cl)nc2cc(Cl)ccc21. The molecule has 2 aromatic carbocycles. The van der Waals surface area contributed by atoms with Crippen LogP contribution in [0.5, 0.6) is 0 Å². The fourth-order valence-electron chi connectivity index (χ4n) is 2.29. The topological polar surface area (TPSA) is 76.0 Å². The minimum absolute atomic E-state index is 0.0910. The maximum Gasteiger partial charge on any atom is 0.271 e. The number of nitrogens with one attached hydrogen (secondary N) is 2. The molecule has 134 valence electrons. The lowest BCUT2D eigenvalue weighted by Crippen LogP contribution is -2.42. The molecule has 9 heteroatoms. The van der Waals surface area contributed by atoms with Gasteiger partial charge in [0.05, 0.1) is 27.4 Å². The Kier molecular flexibility index (Phi) is 5.70. The van der Waals surface area contributed by atoms with Crippen LogP contribution >= 0.6 is 35.0 Å². The largest absolute Gasteiger partial charge is 0.322 e. The van der Waals surface area contributed by atoms with E-state index in [1.54, 1.807) is 36.4 Å². The van der Waals surface area contributed by atoms with Crippen LogP contribution in [0.25, 0.3) is 11.0 Å². The van der Waals surface area contributed by atoms with Crippen LogP contribution < -0.4 is 10.9 Å². The molecule has 0 radical (unpaired) electrons. The van der Waals surface area contributed by atoms with Crippen LogP contribution in [0, 0.1) is 0 Å². The Labute approximate surface area is 163 Å². The predicted molar refractivity (Wildman–Crippen MR) is 104 cm³/mol. The fourth-order valence-corrected chi connectivity index (χ4v) is 3.46. The Hall–Kier alpha value is -2.22. The van der Waals surface area contributed by atoms with E-state index in [1.165, 1.54) is 11.8 Å². The molecule has 3 rings (SSSR count). The molecular weight excluding hydrogens is 395 g/mol. The van der Waals surface area contributed by atoms with E-state index < -0.39 is 5.91 Å². The Morgan fingerprint density at radius 2 is 1.92 bits per heavy atom. The van der Waals surface area contributed by atoms with Gasteiger partial charge in [-0.05, 0) is 30.3 Å². The Morgan fingerprint density at radius 1 is 1.15 bits per heavy atom. The van der Waals surface area contributed by atoms with Gasteiger partial charge in [-0.1, -0.05) is 47.1 Å². The summed E-state index contributed by atoms with van der Waals surface area (Å²) >= 11 is 13.2. The lowest BCUT2D eigenvalue weighted by atomic mass is 10.2. The number of carbonyl (C=O) groups is 2. The number of carbonyl (C=O) groups excluding carboxylic acids is 2. The van der Waals surface area contributed by atoms with E-state index in [0.717, 1.165) is 11.0 Å². The van der Waals surface area contributed by atoms with E-state index in [9.17, 15) is 9.59 Å². The summed E-state index contributed by atoms with van der Waals surface area (Å²) in [6, 6.07) is 12.0. The molecule has 0 saturated heterocycles. The highest BCUT2D eigenvalue weighted by atomic mass is 35.5. The van der Waals surface area contributed by atoms with Crippen molar-refractivity contribution in [2.75, 3.05) is 5.75 Å². The summed E-state index contributed by atoms with van der Waals surface area (Å²) in [6.45, 7) is 0. The molecule has 0 unspecified atom stereocenters. The van der Waals surface area contributed by atoms with E-state index in [4.69, 9.17) is 23.2 Å².